The van der Waals surface area contributed by atoms with Crippen molar-refractivity contribution in [2.75, 3.05) is 11.6 Å². The van der Waals surface area contributed by atoms with Crippen LogP contribution < -0.4 is 5.01 Å². The number of para-hydroxylation sites is 1. The molecule has 1 heterocycles. The average molecular weight is 288 g/mol. The van der Waals surface area contributed by atoms with Crippen molar-refractivity contribution in [2.45, 2.75) is 20.8 Å². The molecule has 1 aliphatic heterocycles. The van der Waals surface area contributed by atoms with Crippen LogP contribution in [0.4, 0.5) is 5.69 Å². The molecule has 0 fully saturated rings. The van der Waals surface area contributed by atoms with Gasteiger partial charge in [0.05, 0.1) is 12.3 Å². The number of hydrogen-bond acceptors (Lipinski definition) is 5. The fourth-order valence-electron chi connectivity index (χ4n) is 1.93. The molecule has 1 aliphatic rings. The van der Waals surface area contributed by atoms with Crippen LogP contribution in [-0.4, -0.2) is 24.4 Å². The first kappa shape index (κ1) is 14.8. The predicted molar refractivity (Wildman–Crippen MR) is 77.5 cm³/mol. The molecule has 0 spiro atoms. The molecule has 1 aromatic carbocycles. The number of rotatable bonds is 3. The molecule has 0 unspecified atom stereocenters. The quantitative estimate of drug-likeness (QED) is 0.486. The molecule has 1 aromatic rings. The number of benzene rings is 1. The Morgan fingerprint density at radius 2 is 1.90 bits per heavy atom. The lowest BCUT2D eigenvalue weighted by Crippen LogP contribution is -2.23. The maximum Gasteiger partial charge on any atom is 0.309 e. The lowest BCUT2D eigenvalue weighted by molar-refractivity contribution is -0.132. The minimum Gasteiger partial charge on any atom is -0.497 e. The second kappa shape index (κ2) is 6.21. The van der Waals surface area contributed by atoms with Gasteiger partial charge in [-0.1, -0.05) is 18.2 Å². The number of carbonyl (C=O) groups excluding carboxylic acids is 2. The van der Waals surface area contributed by atoms with Gasteiger partial charge in [-0.2, -0.15) is 5.01 Å². The molecular weight excluding hydrogens is 272 g/mol. The highest BCUT2D eigenvalue weighted by molar-refractivity contribution is 6.29. The van der Waals surface area contributed by atoms with E-state index in [4.69, 9.17) is 9.47 Å². The number of nitrogens with zero attached hydrogens (tertiary/aromatic N) is 2. The zero-order valence-corrected chi connectivity index (χ0v) is 12.1. The van der Waals surface area contributed by atoms with E-state index in [1.165, 1.54) is 11.9 Å². The summed E-state index contributed by atoms with van der Waals surface area (Å²) in [5.74, 6) is -0.593. The Balaban J connectivity index is 2.43. The molecule has 0 saturated heterocycles. The largest absolute Gasteiger partial charge is 0.497 e. The third-order valence-electron chi connectivity index (χ3n) is 2.76. The molecule has 6 nitrogen and oxygen atoms in total. The van der Waals surface area contributed by atoms with E-state index in [0.717, 1.165) is 0 Å². The van der Waals surface area contributed by atoms with Crippen molar-refractivity contribution >= 4 is 23.5 Å². The third kappa shape index (κ3) is 3.10. The molecule has 0 N–H and O–H groups in total. The first-order valence-corrected chi connectivity index (χ1v) is 6.55. The van der Waals surface area contributed by atoms with Gasteiger partial charge in [-0.15, -0.1) is 5.10 Å². The maximum absolute atomic E-state index is 12.5. The Morgan fingerprint density at radius 1 is 1.24 bits per heavy atom. The molecule has 1 amide bonds. The van der Waals surface area contributed by atoms with Gasteiger partial charge >= 0.3 is 5.97 Å². The van der Waals surface area contributed by atoms with Crippen molar-refractivity contribution < 1.29 is 19.1 Å². The number of anilines is 1. The van der Waals surface area contributed by atoms with Gasteiger partial charge in [0.1, 0.15) is 11.3 Å². The van der Waals surface area contributed by atoms with Gasteiger partial charge in [0.25, 0.3) is 11.8 Å². The molecule has 0 aromatic heterocycles. The standard InChI is InChI=1S/C15H16N2O4/c1-4-20-10(2)13-14(21-11(3)18)16-17(15(13)19)12-8-6-5-7-9-12/h5-9H,4H2,1-3H3. The molecule has 21 heavy (non-hydrogen) atoms. The Bertz CT molecular complexity index is 620. The van der Waals surface area contributed by atoms with E-state index >= 15 is 0 Å². The van der Waals surface area contributed by atoms with E-state index in [2.05, 4.69) is 5.10 Å². The lowest BCUT2D eigenvalue weighted by Gasteiger charge is -2.11. The lowest BCUT2D eigenvalue weighted by atomic mass is 10.2. The van der Waals surface area contributed by atoms with Gasteiger partial charge in [-0.05, 0) is 26.0 Å². The van der Waals surface area contributed by atoms with E-state index in [1.54, 1.807) is 38.1 Å². The molecule has 0 aliphatic carbocycles. The maximum atomic E-state index is 12.5. The smallest absolute Gasteiger partial charge is 0.309 e. The van der Waals surface area contributed by atoms with Crippen molar-refractivity contribution in [3.8, 4) is 0 Å². The summed E-state index contributed by atoms with van der Waals surface area (Å²) in [7, 11) is 0. The number of carbonyl (C=O) groups is 2. The number of amides is 1. The number of esters is 1. The van der Waals surface area contributed by atoms with E-state index in [0.29, 0.717) is 18.1 Å². The van der Waals surface area contributed by atoms with Crippen LogP contribution in [0.25, 0.3) is 0 Å². The molecular formula is C15H16N2O4. The van der Waals surface area contributed by atoms with Crippen LogP contribution in [0.15, 0.2) is 46.8 Å². The second-order valence-corrected chi connectivity index (χ2v) is 4.32. The van der Waals surface area contributed by atoms with Crippen LogP contribution in [-0.2, 0) is 19.1 Å². The molecule has 0 saturated carbocycles. The number of ether oxygens (including phenoxy) is 2. The summed E-state index contributed by atoms with van der Waals surface area (Å²) >= 11 is 0. The minimum absolute atomic E-state index is 0.0395. The van der Waals surface area contributed by atoms with Crippen LogP contribution in [0.5, 0.6) is 0 Å². The summed E-state index contributed by atoms with van der Waals surface area (Å²) in [6.45, 7) is 5.11. The van der Waals surface area contributed by atoms with Crippen molar-refractivity contribution in [1.29, 1.82) is 0 Å². The van der Waals surface area contributed by atoms with Gasteiger partial charge in [0, 0.05) is 6.92 Å². The Morgan fingerprint density at radius 3 is 2.48 bits per heavy atom. The zero-order chi connectivity index (χ0) is 15.4. The summed E-state index contributed by atoms with van der Waals surface area (Å²) in [5, 5.41) is 5.27. The van der Waals surface area contributed by atoms with E-state index in [9.17, 15) is 9.59 Å². The average Bonchev–Trinajstić information content (AvgIpc) is 2.76. The van der Waals surface area contributed by atoms with Crippen LogP contribution in [0.2, 0.25) is 0 Å². The summed E-state index contributed by atoms with van der Waals surface area (Å²) in [6, 6.07) is 8.90. The topological polar surface area (TPSA) is 68.2 Å². The van der Waals surface area contributed by atoms with Crippen molar-refractivity contribution in [1.82, 2.24) is 0 Å². The van der Waals surface area contributed by atoms with Crippen LogP contribution in [0.3, 0.4) is 0 Å². The van der Waals surface area contributed by atoms with Gasteiger partial charge in [-0.3, -0.25) is 9.59 Å². The predicted octanol–water partition coefficient (Wildman–Crippen LogP) is 2.22. The van der Waals surface area contributed by atoms with Crippen molar-refractivity contribution in [2.24, 2.45) is 5.10 Å². The minimum atomic E-state index is -0.543. The summed E-state index contributed by atoms with van der Waals surface area (Å²) in [4.78, 5) is 23.7. The molecule has 0 bridgehead atoms. The normalized spacial score (nSPS) is 16.6. The highest BCUT2D eigenvalue weighted by Gasteiger charge is 2.36. The van der Waals surface area contributed by atoms with Crippen LogP contribution in [0, 0.1) is 0 Å². The molecule has 0 atom stereocenters. The van der Waals surface area contributed by atoms with E-state index < -0.39 is 5.97 Å². The zero-order valence-electron chi connectivity index (χ0n) is 12.1. The van der Waals surface area contributed by atoms with Gasteiger partial charge in [0.15, 0.2) is 0 Å². The summed E-state index contributed by atoms with van der Waals surface area (Å²) in [5.41, 5.74) is 0.752. The van der Waals surface area contributed by atoms with Crippen LogP contribution in [0.1, 0.15) is 20.8 Å². The fraction of sp³-hybridized carbons (Fsp3) is 0.267. The van der Waals surface area contributed by atoms with Crippen LogP contribution >= 0.6 is 0 Å². The SMILES string of the molecule is CCOC(C)=C1C(=O)N(c2ccccc2)N=C1OC(C)=O. The van der Waals surface area contributed by atoms with Gasteiger partial charge in [-0.25, -0.2) is 0 Å². The molecule has 6 heteroatoms. The Labute approximate surface area is 122 Å². The second-order valence-electron chi connectivity index (χ2n) is 4.32. The highest BCUT2D eigenvalue weighted by Crippen LogP contribution is 2.26. The number of allylic oxidation sites excluding steroid dienone is 1. The number of hydrogen-bond donors (Lipinski definition) is 0. The van der Waals surface area contributed by atoms with E-state index in [1.807, 2.05) is 6.07 Å². The molecule has 0 radical (unpaired) electrons. The van der Waals surface area contributed by atoms with E-state index in [-0.39, 0.29) is 17.4 Å². The first-order chi connectivity index (χ1) is 10.0. The first-order valence-electron chi connectivity index (χ1n) is 6.55. The highest BCUT2D eigenvalue weighted by atomic mass is 16.5. The Kier molecular flexibility index (Phi) is 4.37. The summed E-state index contributed by atoms with van der Waals surface area (Å²) < 4.78 is 10.4. The fourth-order valence-corrected chi connectivity index (χ4v) is 1.93. The molecule has 110 valence electrons. The third-order valence-corrected chi connectivity index (χ3v) is 2.76. The monoisotopic (exact) mass is 288 g/mol. The molecule has 2 rings (SSSR count). The van der Waals surface area contributed by atoms with Crippen molar-refractivity contribution in [3.05, 3.63) is 41.7 Å². The summed E-state index contributed by atoms with van der Waals surface area (Å²) in [6.07, 6.45) is 0. The number of hydrazone groups is 1. The van der Waals surface area contributed by atoms with Crippen molar-refractivity contribution in [3.63, 3.8) is 0 Å². The Hall–Kier alpha value is -2.63. The van der Waals surface area contributed by atoms with Gasteiger partial charge < -0.3 is 9.47 Å². The van der Waals surface area contributed by atoms with Gasteiger partial charge in [0.2, 0.25) is 0 Å².